The van der Waals surface area contributed by atoms with Crippen molar-refractivity contribution < 1.29 is 27.4 Å². The first-order valence-electron chi connectivity index (χ1n) is 7.60. The molecule has 126 valence electrons. The third kappa shape index (κ3) is 3.84. The van der Waals surface area contributed by atoms with Crippen LogP contribution in [0.2, 0.25) is 0 Å². The van der Waals surface area contributed by atoms with Crippen LogP contribution in [0.25, 0.3) is 0 Å². The minimum absolute atomic E-state index is 0.188. The number of halogens is 3. The summed E-state index contributed by atoms with van der Waals surface area (Å²) in [5.74, 6) is -0.986. The molecule has 1 saturated heterocycles. The van der Waals surface area contributed by atoms with Crippen molar-refractivity contribution in [2.75, 3.05) is 26.4 Å². The number of hydrogen-bond donors (Lipinski definition) is 1. The third-order valence-corrected chi connectivity index (χ3v) is 4.18. The molecule has 0 aromatic heterocycles. The van der Waals surface area contributed by atoms with E-state index < -0.39 is 17.7 Å². The SMILES string of the molecule is O=C(NC[C@@H]1COCCO1)[C@H]1C[C@H]1c1ccccc1C(F)(F)F. The summed E-state index contributed by atoms with van der Waals surface area (Å²) >= 11 is 0. The zero-order valence-corrected chi connectivity index (χ0v) is 12.4. The van der Waals surface area contributed by atoms with Gasteiger partial charge in [0.1, 0.15) is 0 Å². The van der Waals surface area contributed by atoms with Crippen LogP contribution in [0, 0.1) is 5.92 Å². The second-order valence-corrected chi connectivity index (χ2v) is 5.85. The number of rotatable bonds is 4. The summed E-state index contributed by atoms with van der Waals surface area (Å²) in [6.07, 6.45) is -4.14. The Labute approximate surface area is 132 Å². The Balaban J connectivity index is 1.58. The molecule has 0 spiro atoms. The van der Waals surface area contributed by atoms with Crippen molar-refractivity contribution in [3.05, 3.63) is 35.4 Å². The van der Waals surface area contributed by atoms with E-state index in [1.807, 2.05) is 0 Å². The fourth-order valence-electron chi connectivity index (χ4n) is 2.91. The van der Waals surface area contributed by atoms with Crippen molar-refractivity contribution in [2.24, 2.45) is 5.92 Å². The lowest BCUT2D eigenvalue weighted by Gasteiger charge is -2.23. The predicted molar refractivity (Wildman–Crippen MR) is 75.9 cm³/mol. The van der Waals surface area contributed by atoms with Crippen LogP contribution in [0.3, 0.4) is 0 Å². The molecule has 1 amide bonds. The number of amides is 1. The van der Waals surface area contributed by atoms with Gasteiger partial charge in [-0.15, -0.1) is 0 Å². The van der Waals surface area contributed by atoms with Crippen molar-refractivity contribution in [3.8, 4) is 0 Å². The van der Waals surface area contributed by atoms with Crippen LogP contribution in [0.5, 0.6) is 0 Å². The molecule has 1 aliphatic carbocycles. The summed E-state index contributed by atoms with van der Waals surface area (Å²) in [6.45, 7) is 1.78. The van der Waals surface area contributed by atoms with Gasteiger partial charge in [-0.2, -0.15) is 13.2 Å². The topological polar surface area (TPSA) is 47.6 Å². The van der Waals surface area contributed by atoms with E-state index in [9.17, 15) is 18.0 Å². The van der Waals surface area contributed by atoms with Crippen LogP contribution in [0.15, 0.2) is 24.3 Å². The minimum Gasteiger partial charge on any atom is -0.376 e. The van der Waals surface area contributed by atoms with E-state index >= 15 is 0 Å². The van der Waals surface area contributed by atoms with E-state index in [4.69, 9.17) is 9.47 Å². The number of hydrogen-bond acceptors (Lipinski definition) is 3. The standard InChI is InChI=1S/C16H18F3NO3/c17-16(18,19)14-4-2-1-3-11(14)12-7-13(12)15(21)20-8-10-9-22-5-6-23-10/h1-4,10,12-13H,5-9H2,(H,20,21)/t10-,12+,13+/m1/s1. The van der Waals surface area contributed by atoms with Crippen LogP contribution >= 0.6 is 0 Å². The quantitative estimate of drug-likeness (QED) is 0.922. The van der Waals surface area contributed by atoms with E-state index in [1.165, 1.54) is 12.1 Å². The second kappa shape index (κ2) is 6.49. The van der Waals surface area contributed by atoms with E-state index in [0.29, 0.717) is 32.8 Å². The Bertz CT molecular complexity index is 570. The summed E-state index contributed by atoms with van der Waals surface area (Å²) in [7, 11) is 0. The van der Waals surface area contributed by atoms with Crippen molar-refractivity contribution in [3.63, 3.8) is 0 Å². The lowest BCUT2D eigenvalue weighted by atomic mass is 10.0. The molecule has 0 bridgehead atoms. The molecule has 0 unspecified atom stereocenters. The Morgan fingerprint density at radius 1 is 1.26 bits per heavy atom. The summed E-state index contributed by atoms with van der Waals surface area (Å²) in [6, 6.07) is 5.46. The summed E-state index contributed by atoms with van der Waals surface area (Å²) in [4.78, 5) is 12.1. The molecule has 4 nitrogen and oxygen atoms in total. The zero-order valence-electron chi connectivity index (χ0n) is 12.4. The van der Waals surface area contributed by atoms with E-state index in [0.717, 1.165) is 6.07 Å². The normalized spacial score (nSPS) is 27.5. The van der Waals surface area contributed by atoms with Gasteiger partial charge in [0, 0.05) is 12.5 Å². The molecule has 1 aliphatic heterocycles. The van der Waals surface area contributed by atoms with Crippen LogP contribution in [-0.2, 0) is 20.4 Å². The van der Waals surface area contributed by atoms with Gasteiger partial charge in [-0.3, -0.25) is 4.79 Å². The summed E-state index contributed by atoms with van der Waals surface area (Å²) in [5, 5.41) is 2.75. The molecular weight excluding hydrogens is 311 g/mol. The molecule has 2 fully saturated rings. The maximum absolute atomic E-state index is 13.0. The summed E-state index contributed by atoms with van der Waals surface area (Å²) < 4.78 is 49.7. The highest BCUT2D eigenvalue weighted by Gasteiger charge is 2.47. The molecule has 7 heteroatoms. The van der Waals surface area contributed by atoms with Gasteiger partial charge in [0.05, 0.1) is 31.5 Å². The molecule has 1 aromatic rings. The Hall–Kier alpha value is -1.60. The van der Waals surface area contributed by atoms with Gasteiger partial charge in [-0.1, -0.05) is 18.2 Å². The molecule has 0 radical (unpaired) electrons. The van der Waals surface area contributed by atoms with Gasteiger partial charge in [-0.25, -0.2) is 0 Å². The highest BCUT2D eigenvalue weighted by Crippen LogP contribution is 2.50. The van der Waals surface area contributed by atoms with Crippen LogP contribution in [0.4, 0.5) is 13.2 Å². The molecule has 1 aromatic carbocycles. The van der Waals surface area contributed by atoms with Crippen LogP contribution < -0.4 is 5.32 Å². The number of benzene rings is 1. The first kappa shape index (κ1) is 16.3. The Kier molecular flexibility index (Phi) is 4.59. The highest BCUT2D eigenvalue weighted by atomic mass is 19.4. The average molecular weight is 329 g/mol. The molecule has 1 N–H and O–H groups in total. The highest BCUT2D eigenvalue weighted by molar-refractivity contribution is 5.83. The number of carbonyl (C=O) groups is 1. The molecule has 1 heterocycles. The molecule has 3 rings (SSSR count). The minimum atomic E-state index is -4.40. The second-order valence-electron chi connectivity index (χ2n) is 5.85. The Morgan fingerprint density at radius 3 is 2.74 bits per heavy atom. The van der Waals surface area contributed by atoms with Crippen LogP contribution in [0.1, 0.15) is 23.5 Å². The smallest absolute Gasteiger partial charge is 0.376 e. The zero-order chi connectivity index (χ0) is 16.4. The van der Waals surface area contributed by atoms with E-state index in [2.05, 4.69) is 5.32 Å². The molecule has 2 aliphatic rings. The summed E-state index contributed by atoms with van der Waals surface area (Å²) in [5.41, 5.74) is -0.443. The first-order valence-corrected chi connectivity index (χ1v) is 7.60. The van der Waals surface area contributed by atoms with Gasteiger partial charge in [0.2, 0.25) is 5.91 Å². The van der Waals surface area contributed by atoms with Gasteiger partial charge in [-0.05, 0) is 24.0 Å². The van der Waals surface area contributed by atoms with E-state index in [1.54, 1.807) is 6.07 Å². The van der Waals surface area contributed by atoms with Crippen molar-refractivity contribution >= 4 is 5.91 Å². The number of alkyl halides is 3. The average Bonchev–Trinajstić information content (AvgIpc) is 3.33. The Morgan fingerprint density at radius 2 is 2.04 bits per heavy atom. The first-order chi connectivity index (χ1) is 11.0. The van der Waals surface area contributed by atoms with Gasteiger partial charge < -0.3 is 14.8 Å². The van der Waals surface area contributed by atoms with Crippen molar-refractivity contribution in [1.82, 2.24) is 5.32 Å². The van der Waals surface area contributed by atoms with Crippen molar-refractivity contribution in [1.29, 1.82) is 0 Å². The molecule has 3 atom stereocenters. The third-order valence-electron chi connectivity index (χ3n) is 4.18. The largest absolute Gasteiger partial charge is 0.416 e. The van der Waals surface area contributed by atoms with Gasteiger partial charge in [0.25, 0.3) is 0 Å². The van der Waals surface area contributed by atoms with Gasteiger partial charge >= 0.3 is 6.18 Å². The monoisotopic (exact) mass is 329 g/mol. The van der Waals surface area contributed by atoms with E-state index in [-0.39, 0.29) is 23.5 Å². The lowest BCUT2D eigenvalue weighted by Crippen LogP contribution is -2.40. The number of nitrogens with one attached hydrogen (secondary N) is 1. The fourth-order valence-corrected chi connectivity index (χ4v) is 2.91. The molecular formula is C16H18F3NO3. The maximum Gasteiger partial charge on any atom is 0.416 e. The lowest BCUT2D eigenvalue weighted by molar-refractivity contribution is -0.138. The number of ether oxygens (including phenoxy) is 2. The maximum atomic E-state index is 13.0. The molecule has 1 saturated carbocycles. The number of carbonyl (C=O) groups excluding carboxylic acids is 1. The predicted octanol–water partition coefficient (Wildman–Crippen LogP) is 2.34. The van der Waals surface area contributed by atoms with Crippen LogP contribution in [-0.4, -0.2) is 38.4 Å². The fraction of sp³-hybridized carbons (Fsp3) is 0.562. The van der Waals surface area contributed by atoms with Crippen molar-refractivity contribution in [2.45, 2.75) is 24.6 Å². The molecule has 23 heavy (non-hydrogen) atoms. The van der Waals surface area contributed by atoms with Gasteiger partial charge in [0.15, 0.2) is 0 Å².